The molecule has 0 saturated carbocycles. The first-order valence-electron chi connectivity index (χ1n) is 2.84. The summed E-state index contributed by atoms with van der Waals surface area (Å²) in [6, 6.07) is 4.88. The fourth-order valence-corrected chi connectivity index (χ4v) is 1.18. The molecule has 0 fully saturated rings. The summed E-state index contributed by atoms with van der Waals surface area (Å²) in [5.74, 6) is 0. The fourth-order valence-electron chi connectivity index (χ4n) is 0.690. The van der Waals surface area contributed by atoms with Crippen LogP contribution in [-0.4, -0.2) is 12.6 Å². The zero-order chi connectivity index (χ0) is 8.27. The van der Waals surface area contributed by atoms with Gasteiger partial charge in [-0.25, -0.2) is 12.1 Å². The molecule has 1 rings (SSSR count). The Balaban J connectivity index is 0.00000121. The summed E-state index contributed by atoms with van der Waals surface area (Å²) in [6.45, 7) is 0. The fraction of sp³-hybridized carbons (Fsp3) is 0. The van der Waals surface area contributed by atoms with E-state index >= 15 is 0 Å². The molecule has 0 heterocycles. The Morgan fingerprint density at radius 1 is 1.08 bits per heavy atom. The molecule has 0 amide bonds. The summed E-state index contributed by atoms with van der Waals surface area (Å²) < 4.78 is 0.903. The predicted molar refractivity (Wildman–Crippen MR) is 48.8 cm³/mol. The van der Waals surface area contributed by atoms with Crippen LogP contribution in [0.1, 0.15) is 11.1 Å². The average molecular weight is 347 g/mol. The summed E-state index contributed by atoms with van der Waals surface area (Å²) in [5.41, 5.74) is 0.535. The first-order valence-corrected chi connectivity index (χ1v) is 3.91. The van der Waals surface area contributed by atoms with Crippen LogP contribution in [0.15, 0.2) is 18.2 Å². The Hall–Kier alpha value is 0.394. The number of benzene rings is 1. The molecule has 12 heavy (non-hydrogen) atoms. The second-order valence-electron chi connectivity index (χ2n) is 1.89. The summed E-state index contributed by atoms with van der Waals surface area (Å²) in [4.78, 5) is 20.4. The van der Waals surface area contributed by atoms with Gasteiger partial charge in [-0.3, -0.25) is 11.1 Å². The molecule has 0 aromatic heterocycles. The standard InChI is InChI=1S/C8H3IO2.Y/c9-8-2-1-6(4-10)7(3-8)5-11;/h1-3H;/q-2;. The molecule has 4 heteroatoms. The van der Waals surface area contributed by atoms with Crippen LogP contribution in [0, 0.1) is 3.57 Å². The molecule has 1 radical (unpaired) electrons. The van der Waals surface area contributed by atoms with Crippen molar-refractivity contribution >= 4 is 35.2 Å². The molecule has 0 saturated heterocycles. The minimum absolute atomic E-state index is 0. The molecule has 0 bridgehead atoms. The van der Waals surface area contributed by atoms with Gasteiger partial charge in [0.05, 0.1) is 0 Å². The number of hydrogen-bond donors (Lipinski definition) is 0. The Bertz CT molecular complexity index is 299. The largest absolute Gasteiger partial charge is 0.391 e. The van der Waals surface area contributed by atoms with E-state index in [0.717, 1.165) is 3.57 Å². The van der Waals surface area contributed by atoms with Crippen LogP contribution < -0.4 is 0 Å². The van der Waals surface area contributed by atoms with Gasteiger partial charge in [0.25, 0.3) is 0 Å². The van der Waals surface area contributed by atoms with Crippen LogP contribution in [0.4, 0.5) is 0 Å². The number of hydrogen-bond acceptors (Lipinski definition) is 2. The molecule has 0 aliphatic heterocycles. The van der Waals surface area contributed by atoms with Gasteiger partial charge in [-0.15, -0.1) is 6.07 Å². The Morgan fingerprint density at radius 2 is 1.67 bits per heavy atom. The summed E-state index contributed by atoms with van der Waals surface area (Å²) in [5, 5.41) is 0. The van der Waals surface area contributed by atoms with Crippen molar-refractivity contribution < 1.29 is 42.3 Å². The number of rotatable bonds is 2. The number of carbonyl (C=O) groups excluding carboxylic acids is 2. The van der Waals surface area contributed by atoms with E-state index in [1.54, 1.807) is 30.8 Å². The molecule has 0 spiro atoms. The van der Waals surface area contributed by atoms with E-state index < -0.39 is 0 Å². The smallest absolute Gasteiger partial charge is 0 e. The molecule has 0 aliphatic carbocycles. The van der Waals surface area contributed by atoms with Crippen LogP contribution in [0.2, 0.25) is 0 Å². The summed E-state index contributed by atoms with van der Waals surface area (Å²) in [7, 11) is 0. The molecular weight excluding hydrogens is 344 g/mol. The monoisotopic (exact) mass is 347 g/mol. The van der Waals surface area contributed by atoms with Crippen molar-refractivity contribution in [1.82, 2.24) is 0 Å². The zero-order valence-corrected chi connectivity index (χ0v) is 11.0. The van der Waals surface area contributed by atoms with E-state index in [9.17, 15) is 9.59 Å². The van der Waals surface area contributed by atoms with Gasteiger partial charge in [0.2, 0.25) is 0 Å². The molecule has 1 aromatic carbocycles. The van der Waals surface area contributed by atoms with Gasteiger partial charge >= 0.3 is 0 Å². The van der Waals surface area contributed by atoms with Crippen molar-refractivity contribution in [3.63, 3.8) is 0 Å². The van der Waals surface area contributed by atoms with Crippen molar-refractivity contribution in [1.29, 1.82) is 0 Å². The van der Waals surface area contributed by atoms with Crippen LogP contribution in [0.3, 0.4) is 0 Å². The topological polar surface area (TPSA) is 34.1 Å². The van der Waals surface area contributed by atoms with Crippen LogP contribution in [0.5, 0.6) is 0 Å². The van der Waals surface area contributed by atoms with E-state index in [4.69, 9.17) is 0 Å². The van der Waals surface area contributed by atoms with Crippen LogP contribution in [0.25, 0.3) is 0 Å². The maximum Gasteiger partial charge on any atom is 0 e. The van der Waals surface area contributed by atoms with E-state index in [1.807, 2.05) is 0 Å². The third kappa shape index (κ3) is 3.03. The third-order valence-corrected chi connectivity index (χ3v) is 1.87. The molecule has 0 N–H and O–H groups in total. The molecule has 0 unspecified atom stereocenters. The molecule has 2 nitrogen and oxygen atoms in total. The van der Waals surface area contributed by atoms with Gasteiger partial charge in [-0.2, -0.15) is 0 Å². The molecular formula is C8H3IO2Y-2. The van der Waals surface area contributed by atoms with Gasteiger partial charge in [0.1, 0.15) is 0 Å². The van der Waals surface area contributed by atoms with Crippen molar-refractivity contribution in [3.05, 3.63) is 32.9 Å². The Morgan fingerprint density at radius 3 is 2.17 bits per heavy atom. The maximum absolute atomic E-state index is 10.2. The first-order chi connectivity index (χ1) is 5.27. The van der Waals surface area contributed by atoms with E-state index in [2.05, 4.69) is 22.6 Å². The second kappa shape index (κ2) is 5.94. The van der Waals surface area contributed by atoms with Crippen molar-refractivity contribution in [2.24, 2.45) is 0 Å². The zero-order valence-electron chi connectivity index (χ0n) is 6.00. The van der Waals surface area contributed by atoms with E-state index in [-0.39, 0.29) is 43.8 Å². The average Bonchev–Trinajstić information content (AvgIpc) is 2.04. The molecule has 0 aliphatic rings. The van der Waals surface area contributed by atoms with Crippen LogP contribution >= 0.6 is 22.6 Å². The molecule has 0 atom stereocenters. The maximum atomic E-state index is 10.2. The quantitative estimate of drug-likeness (QED) is 0.596. The van der Waals surface area contributed by atoms with Gasteiger partial charge in [0, 0.05) is 32.7 Å². The van der Waals surface area contributed by atoms with Crippen molar-refractivity contribution in [2.75, 3.05) is 0 Å². The predicted octanol–water partition coefficient (Wildman–Crippen LogP) is 1.20. The number of halogens is 1. The normalized spacial score (nSPS) is 8.42. The van der Waals surface area contributed by atoms with Gasteiger partial charge < -0.3 is 9.59 Å². The van der Waals surface area contributed by atoms with E-state index in [1.165, 1.54) is 0 Å². The molecule has 59 valence electrons. The van der Waals surface area contributed by atoms with Crippen LogP contribution in [-0.2, 0) is 42.3 Å². The van der Waals surface area contributed by atoms with E-state index in [0.29, 0.717) is 0 Å². The SMILES string of the molecule is O=[C-]c1ccc(I)cc1[C-]=O.[Y]. The molecule has 1 aromatic rings. The summed E-state index contributed by atoms with van der Waals surface area (Å²) in [6.07, 6.45) is 3.33. The van der Waals surface area contributed by atoms with Gasteiger partial charge in [0.15, 0.2) is 0 Å². The van der Waals surface area contributed by atoms with Crippen molar-refractivity contribution in [3.8, 4) is 0 Å². The minimum atomic E-state index is 0. The minimum Gasteiger partial charge on any atom is -0.391 e. The Labute approximate surface area is 109 Å². The third-order valence-electron chi connectivity index (χ3n) is 1.20. The van der Waals surface area contributed by atoms with Crippen molar-refractivity contribution in [2.45, 2.75) is 0 Å². The Kier molecular flexibility index (Phi) is 6.14. The first kappa shape index (κ1) is 12.4. The van der Waals surface area contributed by atoms with Gasteiger partial charge in [-0.05, 0) is 12.6 Å². The summed E-state index contributed by atoms with van der Waals surface area (Å²) >= 11 is 2.05. The van der Waals surface area contributed by atoms with Gasteiger partial charge in [-0.1, -0.05) is 26.2 Å². The second-order valence-corrected chi connectivity index (χ2v) is 3.14.